The average molecular weight is 379 g/mol. The molecule has 0 saturated heterocycles. The molecule has 1 aliphatic rings. The van der Waals surface area contributed by atoms with Crippen molar-refractivity contribution in [1.82, 2.24) is 4.31 Å². The van der Waals surface area contributed by atoms with Gasteiger partial charge < -0.3 is 5.73 Å². The lowest BCUT2D eigenvalue weighted by Gasteiger charge is -2.35. The molecule has 0 spiro atoms. The maximum Gasteiger partial charge on any atom is 0.246 e. The van der Waals surface area contributed by atoms with E-state index in [1.807, 2.05) is 6.92 Å². The quantitative estimate of drug-likeness (QED) is 0.819. The molecule has 2 rings (SSSR count). The fourth-order valence-corrected chi connectivity index (χ4v) is 5.15. The molecule has 1 saturated carbocycles. The van der Waals surface area contributed by atoms with Crippen molar-refractivity contribution in [2.24, 2.45) is 5.92 Å². The first-order valence-electron chi connectivity index (χ1n) is 6.97. The van der Waals surface area contributed by atoms with E-state index in [9.17, 15) is 12.8 Å². The van der Waals surface area contributed by atoms with E-state index in [-0.39, 0.29) is 27.0 Å². The first kappa shape index (κ1) is 16.7. The zero-order valence-corrected chi connectivity index (χ0v) is 14.5. The van der Waals surface area contributed by atoms with Gasteiger partial charge in [-0.1, -0.05) is 19.8 Å². The van der Waals surface area contributed by atoms with E-state index in [4.69, 9.17) is 5.73 Å². The normalized spacial score (nSPS) is 23.5. The zero-order chi connectivity index (χ0) is 15.8. The zero-order valence-electron chi connectivity index (χ0n) is 12.1. The van der Waals surface area contributed by atoms with E-state index >= 15 is 0 Å². The van der Waals surface area contributed by atoms with Crippen LogP contribution in [0.25, 0.3) is 0 Å². The summed E-state index contributed by atoms with van der Waals surface area (Å²) < 4.78 is 41.0. The third kappa shape index (κ3) is 3.24. The number of hydrogen-bond donors (Lipinski definition) is 1. The molecule has 0 amide bonds. The Balaban J connectivity index is 2.42. The molecular formula is C14H20BrFN2O2S. The molecule has 7 heteroatoms. The van der Waals surface area contributed by atoms with Crippen molar-refractivity contribution in [3.8, 4) is 0 Å². The highest BCUT2D eigenvalue weighted by molar-refractivity contribution is 9.10. The Bertz CT molecular complexity index is 636. The predicted molar refractivity (Wildman–Crippen MR) is 84.9 cm³/mol. The van der Waals surface area contributed by atoms with E-state index in [0.29, 0.717) is 0 Å². The van der Waals surface area contributed by atoms with Gasteiger partial charge in [0.15, 0.2) is 5.82 Å². The summed E-state index contributed by atoms with van der Waals surface area (Å²) >= 11 is 3.01. The third-order valence-corrected chi connectivity index (χ3v) is 6.67. The van der Waals surface area contributed by atoms with Crippen LogP contribution in [0.1, 0.15) is 32.6 Å². The average Bonchev–Trinajstić information content (AvgIpc) is 2.42. The summed E-state index contributed by atoms with van der Waals surface area (Å²) in [5, 5.41) is 0. The molecule has 118 valence electrons. The number of rotatable bonds is 3. The van der Waals surface area contributed by atoms with Gasteiger partial charge in [0.1, 0.15) is 4.90 Å². The van der Waals surface area contributed by atoms with Crippen LogP contribution in [0.2, 0.25) is 0 Å². The van der Waals surface area contributed by atoms with Crippen molar-refractivity contribution in [2.45, 2.75) is 43.5 Å². The number of sulfonamides is 1. The summed E-state index contributed by atoms with van der Waals surface area (Å²) in [7, 11) is -2.37. The van der Waals surface area contributed by atoms with Crippen LogP contribution in [0.3, 0.4) is 0 Å². The van der Waals surface area contributed by atoms with Crippen LogP contribution < -0.4 is 5.73 Å². The molecule has 0 bridgehead atoms. The number of nitrogens with zero attached hydrogens (tertiary/aromatic N) is 1. The first-order chi connectivity index (χ1) is 9.75. The summed E-state index contributed by atoms with van der Waals surface area (Å²) in [4.78, 5) is -0.366. The van der Waals surface area contributed by atoms with Crippen LogP contribution in [-0.4, -0.2) is 25.8 Å². The van der Waals surface area contributed by atoms with Crippen LogP contribution >= 0.6 is 15.9 Å². The largest absolute Gasteiger partial charge is 0.399 e. The summed E-state index contributed by atoms with van der Waals surface area (Å²) in [5.74, 6) is -0.523. The summed E-state index contributed by atoms with van der Waals surface area (Å²) in [6.07, 6.45) is 3.91. The number of benzene rings is 1. The van der Waals surface area contributed by atoms with E-state index in [2.05, 4.69) is 15.9 Å². The Morgan fingerprint density at radius 1 is 1.33 bits per heavy atom. The molecular weight excluding hydrogens is 359 g/mol. The minimum atomic E-state index is -3.90. The van der Waals surface area contributed by atoms with Gasteiger partial charge in [-0.05, 0) is 46.8 Å². The van der Waals surface area contributed by atoms with Crippen molar-refractivity contribution in [3.63, 3.8) is 0 Å². The second-order valence-corrected chi connectivity index (χ2v) is 8.49. The first-order valence-corrected chi connectivity index (χ1v) is 9.21. The Kier molecular flexibility index (Phi) is 4.95. The molecule has 1 aliphatic carbocycles. The molecule has 1 aromatic rings. The molecule has 1 aromatic carbocycles. The summed E-state index contributed by atoms with van der Waals surface area (Å²) in [6, 6.07) is 2.44. The fraction of sp³-hybridized carbons (Fsp3) is 0.571. The molecule has 0 radical (unpaired) electrons. The smallest absolute Gasteiger partial charge is 0.246 e. The van der Waals surface area contributed by atoms with Crippen molar-refractivity contribution >= 4 is 31.6 Å². The van der Waals surface area contributed by atoms with Gasteiger partial charge in [0, 0.05) is 18.8 Å². The maximum atomic E-state index is 14.2. The van der Waals surface area contributed by atoms with Gasteiger partial charge in [-0.3, -0.25) is 0 Å². The highest BCUT2D eigenvalue weighted by atomic mass is 79.9. The Hall–Kier alpha value is -0.660. The van der Waals surface area contributed by atoms with Crippen LogP contribution in [0.4, 0.5) is 10.1 Å². The van der Waals surface area contributed by atoms with Crippen LogP contribution in [0.5, 0.6) is 0 Å². The SMILES string of the molecule is CC1CCCCC1N(C)S(=O)(=O)c1cc(N)cc(Br)c1F. The Labute approximate surface area is 133 Å². The summed E-state index contributed by atoms with van der Waals surface area (Å²) in [5.41, 5.74) is 5.87. The predicted octanol–water partition coefficient (Wildman–Crippen LogP) is 3.37. The van der Waals surface area contributed by atoms with Gasteiger partial charge in [-0.2, -0.15) is 4.31 Å². The minimum absolute atomic E-state index is 0.0613. The molecule has 2 N–H and O–H groups in total. The highest BCUT2D eigenvalue weighted by Gasteiger charge is 2.35. The van der Waals surface area contributed by atoms with Gasteiger partial charge in [-0.15, -0.1) is 0 Å². The Morgan fingerprint density at radius 2 is 1.95 bits per heavy atom. The van der Waals surface area contributed by atoms with E-state index < -0.39 is 15.8 Å². The molecule has 21 heavy (non-hydrogen) atoms. The van der Waals surface area contributed by atoms with Crippen LogP contribution in [0.15, 0.2) is 21.5 Å². The van der Waals surface area contributed by atoms with Crippen LogP contribution in [-0.2, 0) is 10.0 Å². The summed E-state index contributed by atoms with van der Waals surface area (Å²) in [6.45, 7) is 2.04. The van der Waals surface area contributed by atoms with Crippen LogP contribution in [0, 0.1) is 11.7 Å². The van der Waals surface area contributed by atoms with Crippen molar-refractivity contribution in [3.05, 3.63) is 22.4 Å². The molecule has 0 aliphatic heterocycles. The monoisotopic (exact) mass is 378 g/mol. The lowest BCUT2D eigenvalue weighted by molar-refractivity contribution is 0.213. The van der Waals surface area contributed by atoms with Crippen molar-refractivity contribution in [2.75, 3.05) is 12.8 Å². The van der Waals surface area contributed by atoms with Gasteiger partial charge in [0.05, 0.1) is 4.47 Å². The minimum Gasteiger partial charge on any atom is -0.399 e. The van der Waals surface area contributed by atoms with Gasteiger partial charge in [-0.25, -0.2) is 12.8 Å². The topological polar surface area (TPSA) is 63.4 Å². The van der Waals surface area contributed by atoms with E-state index in [1.165, 1.54) is 23.5 Å². The number of hydrogen-bond acceptors (Lipinski definition) is 3. The molecule has 1 fully saturated rings. The molecule has 0 heterocycles. The maximum absolute atomic E-state index is 14.2. The second kappa shape index (κ2) is 6.22. The second-order valence-electron chi connectivity index (χ2n) is 5.67. The highest BCUT2D eigenvalue weighted by Crippen LogP contribution is 2.33. The fourth-order valence-electron chi connectivity index (χ4n) is 2.94. The molecule has 0 aromatic heterocycles. The standard InChI is InChI=1S/C14H20BrFN2O2S/c1-9-5-3-4-6-12(9)18(2)21(19,20)13-8-10(17)7-11(15)14(13)16/h7-9,12H,3-6,17H2,1-2H3. The number of nitrogen functional groups attached to an aromatic ring is 1. The van der Waals surface area contributed by atoms with Gasteiger partial charge in [0.2, 0.25) is 10.0 Å². The lowest BCUT2D eigenvalue weighted by atomic mass is 9.86. The lowest BCUT2D eigenvalue weighted by Crippen LogP contribution is -2.42. The van der Waals surface area contributed by atoms with Gasteiger partial charge >= 0.3 is 0 Å². The van der Waals surface area contributed by atoms with Crippen molar-refractivity contribution < 1.29 is 12.8 Å². The van der Waals surface area contributed by atoms with E-state index in [0.717, 1.165) is 25.7 Å². The molecule has 4 nitrogen and oxygen atoms in total. The van der Waals surface area contributed by atoms with Gasteiger partial charge in [0.25, 0.3) is 0 Å². The number of anilines is 1. The molecule has 2 atom stereocenters. The number of nitrogens with two attached hydrogens (primary N) is 1. The third-order valence-electron chi connectivity index (χ3n) is 4.21. The van der Waals surface area contributed by atoms with Crippen molar-refractivity contribution in [1.29, 1.82) is 0 Å². The molecule has 2 unspecified atom stereocenters. The number of halogens is 2. The van der Waals surface area contributed by atoms with E-state index in [1.54, 1.807) is 0 Å². The Morgan fingerprint density at radius 3 is 2.57 bits per heavy atom.